The van der Waals surface area contributed by atoms with Gasteiger partial charge in [-0.1, -0.05) is 13.0 Å². The van der Waals surface area contributed by atoms with Gasteiger partial charge in [0, 0.05) is 16.6 Å². The second-order valence-electron chi connectivity index (χ2n) is 5.91. The first-order valence-electron chi connectivity index (χ1n) is 8.03. The van der Waals surface area contributed by atoms with Gasteiger partial charge in [0.1, 0.15) is 10.5 Å². The summed E-state index contributed by atoms with van der Waals surface area (Å²) in [4.78, 5) is 35.8. The van der Waals surface area contributed by atoms with E-state index in [1.54, 1.807) is 10.5 Å². The number of nitrogens with zero attached hydrogens (tertiary/aromatic N) is 4. The summed E-state index contributed by atoms with van der Waals surface area (Å²) in [7, 11) is 0. The van der Waals surface area contributed by atoms with Crippen LogP contribution in [0, 0.1) is 6.92 Å². The highest BCUT2D eigenvalue weighted by Gasteiger charge is 2.10. The molecule has 25 heavy (non-hydrogen) atoms. The summed E-state index contributed by atoms with van der Waals surface area (Å²) in [6.45, 7) is 4.14. The van der Waals surface area contributed by atoms with Crippen molar-refractivity contribution in [3.05, 3.63) is 73.6 Å². The summed E-state index contributed by atoms with van der Waals surface area (Å²) in [5.74, 6) is 0. The van der Waals surface area contributed by atoms with Crippen molar-refractivity contribution in [1.82, 2.24) is 18.9 Å². The molecule has 0 saturated heterocycles. The molecule has 0 aromatic carbocycles. The molecule has 0 atom stereocenters. The van der Waals surface area contributed by atoms with Crippen molar-refractivity contribution >= 4 is 27.2 Å². The zero-order valence-electron chi connectivity index (χ0n) is 13.9. The summed E-state index contributed by atoms with van der Waals surface area (Å²) in [6.07, 6.45) is 2.41. The number of rotatable bonds is 3. The van der Waals surface area contributed by atoms with Gasteiger partial charge in [0.25, 0.3) is 11.1 Å². The van der Waals surface area contributed by atoms with E-state index in [2.05, 4.69) is 16.9 Å². The molecule has 0 spiro atoms. The fourth-order valence-electron chi connectivity index (χ4n) is 2.92. The van der Waals surface area contributed by atoms with Crippen LogP contribution in [0.15, 0.2) is 46.2 Å². The predicted molar refractivity (Wildman–Crippen MR) is 98.6 cm³/mol. The molecule has 0 unspecified atom stereocenters. The molecule has 0 amide bonds. The van der Waals surface area contributed by atoms with Crippen molar-refractivity contribution in [3.8, 4) is 0 Å². The van der Waals surface area contributed by atoms with E-state index in [1.807, 2.05) is 25.1 Å². The molecule has 0 saturated carbocycles. The molecule has 4 heterocycles. The van der Waals surface area contributed by atoms with E-state index in [0.717, 1.165) is 21.8 Å². The van der Waals surface area contributed by atoms with Gasteiger partial charge in [0.2, 0.25) is 0 Å². The number of aryl methyl sites for hydroxylation is 2. The van der Waals surface area contributed by atoms with Crippen LogP contribution >= 0.6 is 11.3 Å². The number of hydrogen-bond acceptors (Lipinski definition) is 5. The third kappa shape index (κ3) is 2.66. The first-order chi connectivity index (χ1) is 12.1. The van der Waals surface area contributed by atoms with Crippen molar-refractivity contribution in [3.63, 3.8) is 0 Å². The molecular formula is C18H16N4O2S. The summed E-state index contributed by atoms with van der Waals surface area (Å²) in [5, 5.41) is 0.623. The van der Waals surface area contributed by atoms with Gasteiger partial charge >= 0.3 is 0 Å². The van der Waals surface area contributed by atoms with Gasteiger partial charge in [0.15, 0.2) is 0 Å². The molecule has 0 aliphatic carbocycles. The maximum Gasteiger partial charge on any atom is 0.262 e. The number of thiophene rings is 1. The van der Waals surface area contributed by atoms with E-state index in [4.69, 9.17) is 0 Å². The van der Waals surface area contributed by atoms with Crippen molar-refractivity contribution in [2.45, 2.75) is 26.8 Å². The van der Waals surface area contributed by atoms with Crippen LogP contribution in [0.3, 0.4) is 0 Å². The second-order valence-corrected chi connectivity index (χ2v) is 7.02. The molecule has 7 heteroatoms. The highest BCUT2D eigenvalue weighted by molar-refractivity contribution is 7.18. The van der Waals surface area contributed by atoms with Gasteiger partial charge in [-0.2, -0.15) is 0 Å². The Bertz CT molecular complexity index is 1220. The molecule has 0 fully saturated rings. The van der Waals surface area contributed by atoms with E-state index in [0.29, 0.717) is 16.7 Å². The predicted octanol–water partition coefficient (Wildman–Crippen LogP) is 2.39. The maximum absolute atomic E-state index is 12.7. The Morgan fingerprint density at radius 3 is 2.84 bits per heavy atom. The standard InChI is InChI=1S/C18H16N4O2S/c1-3-13-8-14-17(25-13)19-10-21(18(14)24)9-12-7-16(23)22-11(2)5-4-6-15(22)20-12/h4-8,10H,3,9H2,1-2H3. The average Bonchev–Trinajstić information content (AvgIpc) is 3.01. The van der Waals surface area contributed by atoms with Gasteiger partial charge in [-0.15, -0.1) is 11.3 Å². The van der Waals surface area contributed by atoms with Crippen LogP contribution in [0.2, 0.25) is 0 Å². The third-order valence-corrected chi connectivity index (χ3v) is 5.37. The zero-order valence-corrected chi connectivity index (χ0v) is 14.7. The van der Waals surface area contributed by atoms with E-state index >= 15 is 0 Å². The quantitative estimate of drug-likeness (QED) is 0.568. The normalized spacial score (nSPS) is 11.4. The van der Waals surface area contributed by atoms with E-state index in [9.17, 15) is 9.59 Å². The lowest BCUT2D eigenvalue weighted by molar-refractivity contribution is 0.727. The Morgan fingerprint density at radius 1 is 1.20 bits per heavy atom. The highest BCUT2D eigenvalue weighted by Crippen LogP contribution is 2.21. The molecule has 0 bridgehead atoms. The SMILES string of the molecule is CCc1cc2c(=O)n(Cc3cc(=O)n4c(C)cccc4n3)cnc2s1. The maximum atomic E-state index is 12.7. The largest absolute Gasteiger partial charge is 0.293 e. The fourth-order valence-corrected chi connectivity index (χ4v) is 3.84. The Hall–Kier alpha value is -2.80. The fraction of sp³-hybridized carbons (Fsp3) is 0.222. The Morgan fingerprint density at radius 2 is 2.04 bits per heavy atom. The monoisotopic (exact) mass is 352 g/mol. The molecule has 6 nitrogen and oxygen atoms in total. The Labute approximate surface area is 147 Å². The lowest BCUT2D eigenvalue weighted by Crippen LogP contribution is -2.23. The Kier molecular flexibility index (Phi) is 3.73. The van der Waals surface area contributed by atoms with Gasteiger partial charge in [-0.25, -0.2) is 9.97 Å². The van der Waals surface area contributed by atoms with Crippen molar-refractivity contribution < 1.29 is 0 Å². The number of aromatic nitrogens is 4. The van der Waals surface area contributed by atoms with E-state index < -0.39 is 0 Å². The van der Waals surface area contributed by atoms with Gasteiger partial charge in [-0.3, -0.25) is 18.6 Å². The van der Waals surface area contributed by atoms with Gasteiger partial charge in [0.05, 0.1) is 24.0 Å². The van der Waals surface area contributed by atoms with Crippen LogP contribution in [-0.2, 0) is 13.0 Å². The minimum atomic E-state index is -0.149. The average molecular weight is 352 g/mol. The van der Waals surface area contributed by atoms with Gasteiger partial charge < -0.3 is 0 Å². The molecule has 0 N–H and O–H groups in total. The van der Waals surface area contributed by atoms with Crippen LogP contribution in [0.5, 0.6) is 0 Å². The summed E-state index contributed by atoms with van der Waals surface area (Å²) < 4.78 is 3.06. The summed E-state index contributed by atoms with van der Waals surface area (Å²) in [6, 6.07) is 8.88. The summed E-state index contributed by atoms with van der Waals surface area (Å²) >= 11 is 1.54. The number of pyridine rings is 1. The third-order valence-electron chi connectivity index (χ3n) is 4.18. The van der Waals surface area contributed by atoms with Crippen molar-refractivity contribution in [2.24, 2.45) is 0 Å². The molecule has 4 aromatic heterocycles. The lowest BCUT2D eigenvalue weighted by Gasteiger charge is -2.08. The smallest absolute Gasteiger partial charge is 0.262 e. The molecule has 0 aliphatic heterocycles. The molecule has 0 radical (unpaired) electrons. The minimum Gasteiger partial charge on any atom is -0.293 e. The minimum absolute atomic E-state index is 0.104. The Balaban J connectivity index is 1.81. The van der Waals surface area contributed by atoms with E-state index in [-0.39, 0.29) is 17.7 Å². The van der Waals surface area contributed by atoms with Crippen LogP contribution in [0.1, 0.15) is 23.2 Å². The van der Waals surface area contributed by atoms with E-state index in [1.165, 1.54) is 28.3 Å². The van der Waals surface area contributed by atoms with Crippen molar-refractivity contribution in [1.29, 1.82) is 0 Å². The molecule has 126 valence electrons. The number of fused-ring (bicyclic) bond motifs is 2. The van der Waals surface area contributed by atoms with Crippen LogP contribution in [-0.4, -0.2) is 18.9 Å². The van der Waals surface area contributed by atoms with Crippen LogP contribution in [0.25, 0.3) is 15.9 Å². The molecule has 4 aromatic rings. The van der Waals surface area contributed by atoms with Crippen molar-refractivity contribution in [2.75, 3.05) is 0 Å². The molecule has 4 rings (SSSR count). The molecule has 0 aliphatic rings. The van der Waals surface area contributed by atoms with Crippen LogP contribution in [0.4, 0.5) is 0 Å². The highest BCUT2D eigenvalue weighted by atomic mass is 32.1. The first-order valence-corrected chi connectivity index (χ1v) is 8.84. The zero-order chi connectivity index (χ0) is 17.6. The summed E-state index contributed by atoms with van der Waals surface area (Å²) in [5.41, 5.74) is 1.70. The van der Waals surface area contributed by atoms with Gasteiger partial charge in [-0.05, 0) is 31.5 Å². The van der Waals surface area contributed by atoms with Crippen LogP contribution < -0.4 is 11.1 Å². The topological polar surface area (TPSA) is 69.3 Å². The lowest BCUT2D eigenvalue weighted by atomic mass is 10.3. The molecular weight excluding hydrogens is 336 g/mol. The number of hydrogen-bond donors (Lipinski definition) is 0. The first kappa shape index (κ1) is 15.7. The second kappa shape index (κ2) is 5.93.